The minimum atomic E-state index is -0.418. The molecule has 1 N–H and O–H groups in total. The first-order valence-corrected chi connectivity index (χ1v) is 10.1. The molecule has 7 nitrogen and oxygen atoms in total. The van der Waals surface area contributed by atoms with Crippen LogP contribution in [0.25, 0.3) is 0 Å². The van der Waals surface area contributed by atoms with E-state index in [9.17, 15) is 14.4 Å². The van der Waals surface area contributed by atoms with Gasteiger partial charge in [-0.25, -0.2) is 0 Å². The summed E-state index contributed by atoms with van der Waals surface area (Å²) in [5.41, 5.74) is 1.15. The summed E-state index contributed by atoms with van der Waals surface area (Å²) in [5, 5.41) is 2.87. The Kier molecular flexibility index (Phi) is 5.64. The maximum atomic E-state index is 12.7. The van der Waals surface area contributed by atoms with Crippen molar-refractivity contribution >= 4 is 23.4 Å². The SMILES string of the molecule is O=C(Nc1cccc(C(=O)N2CCCCC2)c1)C1CC(=O)N(Cc2ccco2)C1. The van der Waals surface area contributed by atoms with E-state index in [-0.39, 0.29) is 24.1 Å². The summed E-state index contributed by atoms with van der Waals surface area (Å²) < 4.78 is 5.29. The lowest BCUT2D eigenvalue weighted by Gasteiger charge is -2.26. The second kappa shape index (κ2) is 8.51. The van der Waals surface area contributed by atoms with E-state index in [0.717, 1.165) is 32.4 Å². The van der Waals surface area contributed by atoms with Gasteiger partial charge in [-0.05, 0) is 49.6 Å². The number of nitrogens with one attached hydrogen (secondary N) is 1. The number of anilines is 1. The lowest BCUT2D eigenvalue weighted by molar-refractivity contribution is -0.128. The Labute approximate surface area is 169 Å². The highest BCUT2D eigenvalue weighted by Gasteiger charge is 2.34. The Bertz CT molecular complexity index is 887. The third-order valence-electron chi connectivity index (χ3n) is 5.53. The molecule has 3 amide bonds. The number of piperidine rings is 1. The first kappa shape index (κ1) is 19.2. The number of hydrogen-bond donors (Lipinski definition) is 1. The summed E-state index contributed by atoms with van der Waals surface area (Å²) >= 11 is 0. The van der Waals surface area contributed by atoms with E-state index in [1.54, 1.807) is 41.5 Å². The summed E-state index contributed by atoms with van der Waals surface area (Å²) in [4.78, 5) is 41.1. The predicted molar refractivity (Wildman–Crippen MR) is 107 cm³/mol. The third-order valence-corrected chi connectivity index (χ3v) is 5.53. The Morgan fingerprint density at radius 1 is 1.10 bits per heavy atom. The van der Waals surface area contributed by atoms with Crippen LogP contribution >= 0.6 is 0 Å². The van der Waals surface area contributed by atoms with Crippen LogP contribution in [0.3, 0.4) is 0 Å². The second-order valence-corrected chi connectivity index (χ2v) is 7.68. The van der Waals surface area contributed by atoms with Gasteiger partial charge in [0.2, 0.25) is 11.8 Å². The zero-order valence-corrected chi connectivity index (χ0v) is 16.3. The summed E-state index contributed by atoms with van der Waals surface area (Å²) in [5.74, 6) is 0.0159. The summed E-state index contributed by atoms with van der Waals surface area (Å²) in [6, 6.07) is 10.6. The third kappa shape index (κ3) is 4.50. The van der Waals surface area contributed by atoms with E-state index in [1.165, 1.54) is 0 Å². The molecule has 4 rings (SSSR count). The fraction of sp³-hybridized carbons (Fsp3) is 0.409. The predicted octanol–water partition coefficient (Wildman–Crippen LogP) is 2.89. The van der Waals surface area contributed by atoms with Crippen LogP contribution in [0.2, 0.25) is 0 Å². The van der Waals surface area contributed by atoms with Crippen LogP contribution in [-0.2, 0) is 16.1 Å². The maximum Gasteiger partial charge on any atom is 0.253 e. The molecule has 2 aliphatic rings. The summed E-state index contributed by atoms with van der Waals surface area (Å²) in [7, 11) is 0. The summed E-state index contributed by atoms with van der Waals surface area (Å²) in [6.45, 7) is 2.30. The highest BCUT2D eigenvalue weighted by Crippen LogP contribution is 2.23. The Morgan fingerprint density at radius 2 is 1.93 bits per heavy atom. The number of benzene rings is 1. The van der Waals surface area contributed by atoms with Crippen molar-refractivity contribution < 1.29 is 18.8 Å². The molecular formula is C22H25N3O4. The van der Waals surface area contributed by atoms with Crippen LogP contribution < -0.4 is 5.32 Å². The normalized spacial score (nSPS) is 19.4. The van der Waals surface area contributed by atoms with Gasteiger partial charge in [-0.3, -0.25) is 14.4 Å². The molecule has 0 bridgehead atoms. The number of furan rings is 1. The van der Waals surface area contributed by atoms with Gasteiger partial charge in [-0.2, -0.15) is 0 Å². The number of likely N-dealkylation sites (tertiary alicyclic amines) is 2. The second-order valence-electron chi connectivity index (χ2n) is 7.68. The van der Waals surface area contributed by atoms with Gasteiger partial charge in [-0.1, -0.05) is 6.07 Å². The Balaban J connectivity index is 1.37. The number of carbonyl (C=O) groups excluding carboxylic acids is 3. The molecule has 3 heterocycles. The molecule has 2 fully saturated rings. The molecule has 0 aliphatic carbocycles. The minimum Gasteiger partial charge on any atom is -0.467 e. The van der Waals surface area contributed by atoms with E-state index in [1.807, 2.05) is 11.0 Å². The van der Waals surface area contributed by atoms with E-state index in [0.29, 0.717) is 30.1 Å². The highest BCUT2D eigenvalue weighted by molar-refractivity contribution is 5.99. The Morgan fingerprint density at radius 3 is 2.69 bits per heavy atom. The molecule has 29 heavy (non-hydrogen) atoms. The fourth-order valence-electron chi connectivity index (χ4n) is 3.95. The van der Waals surface area contributed by atoms with E-state index < -0.39 is 5.92 Å². The molecule has 7 heteroatoms. The van der Waals surface area contributed by atoms with Gasteiger partial charge in [0, 0.05) is 37.3 Å². The highest BCUT2D eigenvalue weighted by atomic mass is 16.3. The van der Waals surface area contributed by atoms with Crippen LogP contribution in [0.15, 0.2) is 47.1 Å². The van der Waals surface area contributed by atoms with Crippen molar-refractivity contribution in [1.82, 2.24) is 9.80 Å². The lowest BCUT2D eigenvalue weighted by Crippen LogP contribution is -2.35. The number of nitrogens with zero attached hydrogens (tertiary/aromatic N) is 2. The van der Waals surface area contributed by atoms with Crippen molar-refractivity contribution in [2.45, 2.75) is 32.2 Å². The lowest BCUT2D eigenvalue weighted by atomic mass is 10.1. The monoisotopic (exact) mass is 395 g/mol. The molecule has 1 unspecified atom stereocenters. The van der Waals surface area contributed by atoms with Gasteiger partial charge in [0.1, 0.15) is 5.76 Å². The number of amides is 3. The smallest absolute Gasteiger partial charge is 0.253 e. The van der Waals surface area contributed by atoms with Gasteiger partial charge < -0.3 is 19.5 Å². The topological polar surface area (TPSA) is 82.9 Å². The molecular weight excluding hydrogens is 370 g/mol. The number of carbonyl (C=O) groups is 3. The van der Waals surface area contributed by atoms with E-state index >= 15 is 0 Å². The molecule has 1 atom stereocenters. The van der Waals surface area contributed by atoms with Gasteiger partial charge in [0.05, 0.1) is 18.7 Å². The summed E-state index contributed by atoms with van der Waals surface area (Å²) in [6.07, 6.45) is 4.98. The van der Waals surface area contributed by atoms with Gasteiger partial charge >= 0.3 is 0 Å². The fourth-order valence-corrected chi connectivity index (χ4v) is 3.95. The molecule has 2 aliphatic heterocycles. The number of hydrogen-bond acceptors (Lipinski definition) is 4. The van der Waals surface area contributed by atoms with Crippen LogP contribution in [-0.4, -0.2) is 47.2 Å². The van der Waals surface area contributed by atoms with Crippen molar-refractivity contribution in [3.8, 4) is 0 Å². The van der Waals surface area contributed by atoms with Gasteiger partial charge in [0.25, 0.3) is 5.91 Å². The maximum absolute atomic E-state index is 12.7. The van der Waals surface area contributed by atoms with Crippen molar-refractivity contribution in [2.24, 2.45) is 5.92 Å². The first-order chi connectivity index (χ1) is 14.1. The molecule has 0 radical (unpaired) electrons. The van der Waals surface area contributed by atoms with Crippen molar-refractivity contribution in [2.75, 3.05) is 25.0 Å². The van der Waals surface area contributed by atoms with Gasteiger partial charge in [0.15, 0.2) is 0 Å². The average Bonchev–Trinajstić information content (AvgIpc) is 3.39. The molecule has 152 valence electrons. The first-order valence-electron chi connectivity index (χ1n) is 10.1. The van der Waals surface area contributed by atoms with Crippen molar-refractivity contribution in [3.05, 3.63) is 54.0 Å². The molecule has 1 aromatic heterocycles. The van der Waals surface area contributed by atoms with Crippen LogP contribution in [0, 0.1) is 5.92 Å². The van der Waals surface area contributed by atoms with Crippen LogP contribution in [0.4, 0.5) is 5.69 Å². The zero-order chi connectivity index (χ0) is 20.2. The number of rotatable bonds is 5. The largest absolute Gasteiger partial charge is 0.467 e. The standard InChI is InChI=1S/C22H25N3O4/c26-20-13-17(14-25(20)15-19-8-5-11-29-19)21(27)23-18-7-4-6-16(12-18)22(28)24-9-2-1-3-10-24/h4-8,11-12,17H,1-3,9-10,13-15H2,(H,23,27). The van der Waals surface area contributed by atoms with Crippen molar-refractivity contribution in [3.63, 3.8) is 0 Å². The molecule has 2 aromatic rings. The molecule has 0 saturated carbocycles. The van der Waals surface area contributed by atoms with Crippen LogP contribution in [0.1, 0.15) is 41.8 Å². The molecule has 0 spiro atoms. The zero-order valence-electron chi connectivity index (χ0n) is 16.3. The minimum absolute atomic E-state index is 0.00136. The van der Waals surface area contributed by atoms with Crippen molar-refractivity contribution in [1.29, 1.82) is 0 Å². The molecule has 2 saturated heterocycles. The Hall–Kier alpha value is -3.09. The van der Waals surface area contributed by atoms with E-state index in [2.05, 4.69) is 5.32 Å². The molecule has 1 aromatic carbocycles. The average molecular weight is 395 g/mol. The quantitative estimate of drug-likeness (QED) is 0.844. The van der Waals surface area contributed by atoms with Gasteiger partial charge in [-0.15, -0.1) is 0 Å². The van der Waals surface area contributed by atoms with Crippen LogP contribution in [0.5, 0.6) is 0 Å². The van der Waals surface area contributed by atoms with E-state index in [4.69, 9.17) is 4.42 Å².